The number of ether oxygens (including phenoxy) is 2. The zero-order valence-electron chi connectivity index (χ0n) is 9.51. The molecule has 0 aliphatic heterocycles. The first-order chi connectivity index (χ1) is 8.54. The second-order valence-electron chi connectivity index (χ2n) is 3.95. The van der Waals surface area contributed by atoms with Gasteiger partial charge >= 0.3 is 5.69 Å². The van der Waals surface area contributed by atoms with Crippen LogP contribution in [0.15, 0.2) is 18.2 Å². The van der Waals surface area contributed by atoms with Crippen molar-refractivity contribution in [3.05, 3.63) is 33.3 Å². The third-order valence-electron chi connectivity index (χ3n) is 2.86. The molecule has 2 rings (SSSR count). The lowest BCUT2D eigenvalue weighted by Gasteiger charge is -2.39. The Morgan fingerprint density at radius 3 is 2.83 bits per heavy atom. The summed E-state index contributed by atoms with van der Waals surface area (Å²) in [6.07, 6.45) is 0.375. The Morgan fingerprint density at radius 2 is 2.28 bits per heavy atom. The van der Waals surface area contributed by atoms with Gasteiger partial charge < -0.3 is 9.47 Å². The molecule has 1 fully saturated rings. The van der Waals surface area contributed by atoms with Crippen molar-refractivity contribution in [2.75, 3.05) is 7.11 Å². The number of hydrogen-bond donors (Lipinski definition) is 0. The van der Waals surface area contributed by atoms with Gasteiger partial charge in [0.05, 0.1) is 9.95 Å². The Bertz CT molecular complexity index is 470. The van der Waals surface area contributed by atoms with Crippen LogP contribution < -0.4 is 4.74 Å². The number of methoxy groups -OCH3 is 1. The second kappa shape index (κ2) is 5.42. The van der Waals surface area contributed by atoms with Gasteiger partial charge in [-0.25, -0.2) is 0 Å². The van der Waals surface area contributed by atoms with Crippen molar-refractivity contribution in [3.63, 3.8) is 0 Å². The lowest BCUT2D eigenvalue weighted by Crippen LogP contribution is -2.51. The van der Waals surface area contributed by atoms with Gasteiger partial charge in [0, 0.05) is 24.4 Å². The Morgan fingerprint density at radius 1 is 1.56 bits per heavy atom. The molecule has 0 N–H and O–H groups in total. The van der Waals surface area contributed by atoms with Gasteiger partial charge in [0.25, 0.3) is 0 Å². The Kier molecular flexibility index (Phi) is 4.09. The molecule has 1 saturated carbocycles. The zero-order valence-corrected chi connectivity index (χ0v) is 11.8. The van der Waals surface area contributed by atoms with Crippen LogP contribution in [0, 0.1) is 10.1 Å². The molecule has 0 heterocycles. The molecule has 1 aromatic carbocycles. The molecule has 5 nitrogen and oxygen atoms in total. The number of hydrogen-bond acceptors (Lipinski definition) is 4. The van der Waals surface area contributed by atoms with Crippen molar-refractivity contribution >= 4 is 33.2 Å². The summed E-state index contributed by atoms with van der Waals surface area (Å²) in [5, 5.41) is 11.1. The van der Waals surface area contributed by atoms with E-state index in [0.29, 0.717) is 0 Å². The predicted molar refractivity (Wildman–Crippen MR) is 70.7 cm³/mol. The molecule has 0 radical (unpaired) electrons. The third kappa shape index (κ3) is 2.46. The van der Waals surface area contributed by atoms with Crippen LogP contribution in [0.1, 0.15) is 6.42 Å². The number of alkyl halides is 1. The highest BCUT2D eigenvalue weighted by Gasteiger charge is 2.42. The largest absolute Gasteiger partial charge is 0.480 e. The molecule has 0 spiro atoms. The summed E-state index contributed by atoms with van der Waals surface area (Å²) in [7, 11) is 1.58. The quantitative estimate of drug-likeness (QED) is 0.481. The molecular formula is C11H11BrClNO4. The van der Waals surface area contributed by atoms with Crippen molar-refractivity contribution in [1.82, 2.24) is 0 Å². The van der Waals surface area contributed by atoms with Gasteiger partial charge in [0.2, 0.25) is 5.75 Å². The van der Waals surface area contributed by atoms with Crippen LogP contribution in [0.2, 0.25) is 5.02 Å². The van der Waals surface area contributed by atoms with E-state index in [2.05, 4.69) is 15.9 Å². The summed E-state index contributed by atoms with van der Waals surface area (Å²) in [4.78, 5) is 10.6. The average Bonchev–Trinajstić information content (AvgIpc) is 2.30. The lowest BCUT2D eigenvalue weighted by atomic mass is 9.91. The molecule has 3 unspecified atom stereocenters. The van der Waals surface area contributed by atoms with E-state index in [9.17, 15) is 10.1 Å². The lowest BCUT2D eigenvalue weighted by molar-refractivity contribution is -0.386. The van der Waals surface area contributed by atoms with Crippen molar-refractivity contribution in [1.29, 1.82) is 0 Å². The van der Waals surface area contributed by atoms with Crippen molar-refractivity contribution in [2.24, 2.45) is 0 Å². The Hall–Kier alpha value is -0.850. The number of para-hydroxylation sites is 1. The number of nitrogens with zero attached hydrogens (tertiary/aromatic N) is 1. The van der Waals surface area contributed by atoms with E-state index in [4.69, 9.17) is 21.1 Å². The fraction of sp³-hybridized carbons (Fsp3) is 0.455. The maximum Gasteiger partial charge on any atom is 0.312 e. The van der Waals surface area contributed by atoms with E-state index in [0.717, 1.165) is 6.42 Å². The highest BCUT2D eigenvalue weighted by Crippen LogP contribution is 2.40. The SMILES string of the molecule is COC1C(Br)CC1Oc1c(Cl)cccc1[N+](=O)[O-]. The molecule has 0 amide bonds. The molecule has 0 saturated heterocycles. The number of rotatable bonds is 4. The monoisotopic (exact) mass is 335 g/mol. The van der Waals surface area contributed by atoms with Crippen molar-refractivity contribution in [3.8, 4) is 5.75 Å². The Labute approximate surface area is 117 Å². The molecule has 7 heteroatoms. The summed E-state index contributed by atoms with van der Waals surface area (Å²) < 4.78 is 10.9. The van der Waals surface area contributed by atoms with Crippen molar-refractivity contribution < 1.29 is 14.4 Å². The maximum absolute atomic E-state index is 10.9. The Balaban J connectivity index is 2.21. The molecule has 0 bridgehead atoms. The van der Waals surface area contributed by atoms with Gasteiger partial charge in [0.15, 0.2) is 0 Å². The van der Waals surface area contributed by atoms with Gasteiger partial charge in [-0.3, -0.25) is 10.1 Å². The van der Waals surface area contributed by atoms with Crippen LogP contribution in [0.5, 0.6) is 5.75 Å². The molecule has 1 aromatic rings. The van der Waals surface area contributed by atoms with E-state index in [1.165, 1.54) is 12.1 Å². The van der Waals surface area contributed by atoms with Gasteiger partial charge in [-0.2, -0.15) is 0 Å². The smallest absolute Gasteiger partial charge is 0.312 e. The van der Waals surface area contributed by atoms with Crippen LogP contribution >= 0.6 is 27.5 Å². The molecule has 3 atom stereocenters. The molecule has 1 aliphatic rings. The normalized spacial score (nSPS) is 26.5. The van der Waals surface area contributed by atoms with E-state index >= 15 is 0 Å². The minimum absolute atomic E-state index is 0.107. The maximum atomic E-state index is 10.9. The number of nitro benzene ring substituents is 1. The van der Waals surface area contributed by atoms with E-state index in [-0.39, 0.29) is 33.5 Å². The fourth-order valence-electron chi connectivity index (χ4n) is 1.85. The van der Waals surface area contributed by atoms with E-state index < -0.39 is 4.92 Å². The topological polar surface area (TPSA) is 61.6 Å². The zero-order chi connectivity index (χ0) is 13.3. The standard InChI is InChI=1S/C11H11BrClNO4/c1-17-10-6(12)5-9(10)18-11-7(13)3-2-4-8(11)14(15)16/h2-4,6,9-10H,5H2,1H3. The number of nitro groups is 1. The highest BCUT2D eigenvalue weighted by atomic mass is 79.9. The summed E-state index contributed by atoms with van der Waals surface area (Å²) in [6, 6.07) is 4.46. The van der Waals surface area contributed by atoms with E-state index in [1.807, 2.05) is 0 Å². The first-order valence-electron chi connectivity index (χ1n) is 5.31. The fourth-order valence-corrected chi connectivity index (χ4v) is 2.99. The van der Waals surface area contributed by atoms with Gasteiger partial charge in [-0.05, 0) is 6.07 Å². The van der Waals surface area contributed by atoms with Gasteiger partial charge in [-0.1, -0.05) is 33.6 Å². The molecular weight excluding hydrogens is 325 g/mol. The molecule has 0 aromatic heterocycles. The van der Waals surface area contributed by atoms with Crippen LogP contribution in [0.25, 0.3) is 0 Å². The summed E-state index contributed by atoms with van der Waals surface area (Å²) in [5.41, 5.74) is -0.129. The van der Waals surface area contributed by atoms with Crippen LogP contribution in [-0.2, 0) is 4.74 Å². The van der Waals surface area contributed by atoms with Gasteiger partial charge in [0.1, 0.15) is 12.2 Å². The minimum atomic E-state index is -0.507. The van der Waals surface area contributed by atoms with Crippen LogP contribution in [-0.4, -0.2) is 29.1 Å². The molecule has 98 valence electrons. The predicted octanol–water partition coefficient (Wildman–Crippen LogP) is 3.18. The summed E-state index contributed by atoms with van der Waals surface area (Å²) in [5.74, 6) is 0.107. The minimum Gasteiger partial charge on any atom is -0.480 e. The molecule has 18 heavy (non-hydrogen) atoms. The van der Waals surface area contributed by atoms with Crippen molar-refractivity contribution in [2.45, 2.75) is 23.5 Å². The average molecular weight is 337 g/mol. The second-order valence-corrected chi connectivity index (χ2v) is 5.54. The number of benzene rings is 1. The van der Waals surface area contributed by atoms with Gasteiger partial charge in [-0.15, -0.1) is 0 Å². The van der Waals surface area contributed by atoms with E-state index in [1.54, 1.807) is 13.2 Å². The highest BCUT2D eigenvalue weighted by molar-refractivity contribution is 9.09. The summed E-state index contributed by atoms with van der Waals surface area (Å²) in [6.45, 7) is 0. The third-order valence-corrected chi connectivity index (χ3v) is 4.06. The molecule has 1 aliphatic carbocycles. The van der Waals surface area contributed by atoms with Crippen LogP contribution in [0.3, 0.4) is 0 Å². The first kappa shape index (κ1) is 13.6. The van der Waals surface area contributed by atoms with Crippen LogP contribution in [0.4, 0.5) is 5.69 Å². The number of halogens is 2. The first-order valence-corrected chi connectivity index (χ1v) is 6.60. The summed E-state index contributed by atoms with van der Waals surface area (Å²) >= 11 is 9.38.